The second-order valence-corrected chi connectivity index (χ2v) is 6.37. The minimum absolute atomic E-state index is 0.0557. The van der Waals surface area contributed by atoms with Crippen LogP contribution in [0, 0.1) is 0 Å². The SMILES string of the molecule is O=C(Nc1ccc(Oc2cc(Cl)ncn2)cc1)Nc1ccc(Cl)c(C(F)(F)F)c1. The van der Waals surface area contributed by atoms with Gasteiger partial charge in [-0.05, 0) is 42.5 Å². The standard InChI is InChI=1S/C18H11Cl2F3N4O2/c19-14-6-3-11(7-13(14)18(21,22)23)27-17(28)26-10-1-4-12(5-2-10)29-16-8-15(20)24-9-25-16/h1-9H,(H2,26,27,28). The van der Waals surface area contributed by atoms with Crippen molar-refractivity contribution in [3.8, 4) is 11.6 Å². The summed E-state index contributed by atoms with van der Waals surface area (Å²) in [5.74, 6) is 0.671. The minimum Gasteiger partial charge on any atom is -0.439 e. The second-order valence-electron chi connectivity index (χ2n) is 5.58. The molecule has 1 aromatic heterocycles. The van der Waals surface area contributed by atoms with Crippen LogP contribution in [0.1, 0.15) is 5.56 Å². The highest BCUT2D eigenvalue weighted by molar-refractivity contribution is 6.31. The van der Waals surface area contributed by atoms with Crippen molar-refractivity contribution in [3.05, 3.63) is 70.6 Å². The molecule has 0 unspecified atom stereocenters. The molecule has 2 aromatic carbocycles. The lowest BCUT2D eigenvalue weighted by molar-refractivity contribution is -0.137. The molecule has 29 heavy (non-hydrogen) atoms. The summed E-state index contributed by atoms with van der Waals surface area (Å²) in [6.45, 7) is 0. The predicted molar refractivity (Wildman–Crippen MR) is 103 cm³/mol. The number of anilines is 2. The van der Waals surface area contributed by atoms with Crippen molar-refractivity contribution in [3.63, 3.8) is 0 Å². The molecule has 0 saturated heterocycles. The molecule has 0 atom stereocenters. The minimum atomic E-state index is -4.63. The molecule has 3 aromatic rings. The molecule has 150 valence electrons. The fourth-order valence-electron chi connectivity index (χ4n) is 2.21. The van der Waals surface area contributed by atoms with E-state index in [1.54, 1.807) is 24.3 Å². The van der Waals surface area contributed by atoms with E-state index in [2.05, 4.69) is 20.6 Å². The molecule has 0 saturated carbocycles. The normalized spacial score (nSPS) is 11.1. The largest absolute Gasteiger partial charge is 0.439 e. The zero-order valence-corrected chi connectivity index (χ0v) is 15.8. The van der Waals surface area contributed by atoms with Crippen LogP contribution in [0.2, 0.25) is 10.2 Å². The van der Waals surface area contributed by atoms with Gasteiger partial charge in [0.05, 0.1) is 10.6 Å². The fraction of sp³-hybridized carbons (Fsp3) is 0.0556. The molecular formula is C18H11Cl2F3N4O2. The van der Waals surface area contributed by atoms with Gasteiger partial charge in [0.2, 0.25) is 5.88 Å². The Labute approximate surface area is 172 Å². The third-order valence-electron chi connectivity index (χ3n) is 3.47. The van der Waals surface area contributed by atoms with E-state index in [1.807, 2.05) is 0 Å². The number of benzene rings is 2. The maximum Gasteiger partial charge on any atom is 0.417 e. The quantitative estimate of drug-likeness (QED) is 0.469. The Morgan fingerprint density at radius 1 is 0.931 bits per heavy atom. The number of nitrogens with one attached hydrogen (secondary N) is 2. The Balaban J connectivity index is 1.62. The molecule has 0 radical (unpaired) electrons. The van der Waals surface area contributed by atoms with Crippen molar-refractivity contribution < 1.29 is 22.7 Å². The second kappa shape index (κ2) is 8.54. The van der Waals surface area contributed by atoms with Crippen molar-refractivity contribution in [2.75, 3.05) is 10.6 Å². The molecular weight excluding hydrogens is 432 g/mol. The number of carbonyl (C=O) groups excluding carboxylic acids is 1. The van der Waals surface area contributed by atoms with Crippen LogP contribution >= 0.6 is 23.2 Å². The molecule has 0 aliphatic rings. The summed E-state index contributed by atoms with van der Waals surface area (Å²) in [4.78, 5) is 19.7. The summed E-state index contributed by atoms with van der Waals surface area (Å²) in [7, 11) is 0. The van der Waals surface area contributed by atoms with Gasteiger partial charge in [-0.1, -0.05) is 23.2 Å². The number of alkyl halides is 3. The van der Waals surface area contributed by atoms with Gasteiger partial charge in [-0.2, -0.15) is 13.2 Å². The first-order chi connectivity index (χ1) is 13.7. The van der Waals surface area contributed by atoms with E-state index in [-0.39, 0.29) is 16.7 Å². The van der Waals surface area contributed by atoms with Gasteiger partial charge in [-0.15, -0.1) is 0 Å². The van der Waals surface area contributed by atoms with Crippen LogP contribution in [0.25, 0.3) is 0 Å². The smallest absolute Gasteiger partial charge is 0.417 e. The van der Waals surface area contributed by atoms with E-state index in [0.29, 0.717) is 11.4 Å². The van der Waals surface area contributed by atoms with E-state index < -0.39 is 22.8 Å². The van der Waals surface area contributed by atoms with Crippen molar-refractivity contribution in [2.24, 2.45) is 0 Å². The summed E-state index contributed by atoms with van der Waals surface area (Å²) < 4.78 is 44.2. The van der Waals surface area contributed by atoms with Crippen LogP contribution in [0.4, 0.5) is 29.3 Å². The van der Waals surface area contributed by atoms with Gasteiger partial charge in [0.15, 0.2) is 0 Å². The summed E-state index contributed by atoms with van der Waals surface area (Å²) in [5.41, 5.74) is -0.705. The lowest BCUT2D eigenvalue weighted by Crippen LogP contribution is -2.19. The Bertz CT molecular complexity index is 1030. The highest BCUT2D eigenvalue weighted by Gasteiger charge is 2.33. The molecule has 1 heterocycles. The molecule has 2 amide bonds. The van der Waals surface area contributed by atoms with Gasteiger partial charge in [0, 0.05) is 17.4 Å². The van der Waals surface area contributed by atoms with E-state index in [4.69, 9.17) is 27.9 Å². The van der Waals surface area contributed by atoms with E-state index in [1.165, 1.54) is 18.5 Å². The molecule has 6 nitrogen and oxygen atoms in total. The summed E-state index contributed by atoms with van der Waals surface area (Å²) in [6.07, 6.45) is -3.38. The number of hydrogen-bond donors (Lipinski definition) is 2. The molecule has 0 aliphatic carbocycles. The fourth-order valence-corrected chi connectivity index (χ4v) is 2.58. The van der Waals surface area contributed by atoms with Gasteiger partial charge in [-0.3, -0.25) is 0 Å². The van der Waals surface area contributed by atoms with Crippen molar-refractivity contribution in [2.45, 2.75) is 6.18 Å². The number of nitrogens with zero attached hydrogens (tertiary/aromatic N) is 2. The van der Waals surface area contributed by atoms with Crippen molar-refractivity contribution >= 4 is 40.6 Å². The van der Waals surface area contributed by atoms with E-state index in [0.717, 1.165) is 12.1 Å². The molecule has 0 spiro atoms. The first-order valence-electron chi connectivity index (χ1n) is 7.91. The molecule has 2 N–H and O–H groups in total. The third-order valence-corrected chi connectivity index (χ3v) is 4.01. The maximum absolute atomic E-state index is 12.9. The number of hydrogen-bond acceptors (Lipinski definition) is 4. The first kappa shape index (κ1) is 20.7. The van der Waals surface area contributed by atoms with E-state index in [9.17, 15) is 18.0 Å². The summed E-state index contributed by atoms with van der Waals surface area (Å²) in [5, 5.41) is 4.58. The number of amides is 2. The number of urea groups is 1. The van der Waals surface area contributed by atoms with Crippen LogP contribution in [-0.2, 0) is 6.18 Å². The Kier molecular flexibility index (Phi) is 6.09. The lowest BCUT2D eigenvalue weighted by atomic mass is 10.2. The predicted octanol–water partition coefficient (Wildman–Crippen LogP) is 6.24. The average Bonchev–Trinajstić information content (AvgIpc) is 2.64. The molecule has 3 rings (SSSR count). The topological polar surface area (TPSA) is 76.1 Å². The average molecular weight is 443 g/mol. The van der Waals surface area contributed by atoms with Crippen LogP contribution in [0.15, 0.2) is 54.9 Å². The van der Waals surface area contributed by atoms with Gasteiger partial charge < -0.3 is 15.4 Å². The number of rotatable bonds is 4. The van der Waals surface area contributed by atoms with Crippen LogP contribution in [0.5, 0.6) is 11.6 Å². The Hall–Kier alpha value is -3.04. The highest BCUT2D eigenvalue weighted by atomic mass is 35.5. The monoisotopic (exact) mass is 442 g/mol. The molecule has 0 fully saturated rings. The van der Waals surface area contributed by atoms with Crippen LogP contribution in [0.3, 0.4) is 0 Å². The highest BCUT2D eigenvalue weighted by Crippen LogP contribution is 2.36. The van der Waals surface area contributed by atoms with Gasteiger partial charge in [0.1, 0.15) is 17.2 Å². The first-order valence-corrected chi connectivity index (χ1v) is 8.66. The Morgan fingerprint density at radius 3 is 2.24 bits per heavy atom. The summed E-state index contributed by atoms with van der Waals surface area (Å²) >= 11 is 11.3. The number of aromatic nitrogens is 2. The summed E-state index contributed by atoms with van der Waals surface area (Å²) in [6, 6.07) is 10.0. The van der Waals surface area contributed by atoms with Crippen LogP contribution < -0.4 is 15.4 Å². The van der Waals surface area contributed by atoms with E-state index >= 15 is 0 Å². The number of halogens is 5. The van der Waals surface area contributed by atoms with Crippen molar-refractivity contribution in [1.82, 2.24) is 9.97 Å². The third kappa shape index (κ3) is 5.72. The molecule has 0 bridgehead atoms. The number of ether oxygens (including phenoxy) is 1. The number of carbonyl (C=O) groups is 1. The van der Waals surface area contributed by atoms with Gasteiger partial charge in [0.25, 0.3) is 0 Å². The van der Waals surface area contributed by atoms with Crippen molar-refractivity contribution in [1.29, 1.82) is 0 Å². The van der Waals surface area contributed by atoms with Gasteiger partial charge in [-0.25, -0.2) is 14.8 Å². The lowest BCUT2D eigenvalue weighted by Gasteiger charge is -2.12. The Morgan fingerprint density at radius 2 is 1.59 bits per heavy atom. The molecule has 0 aliphatic heterocycles. The van der Waals surface area contributed by atoms with Gasteiger partial charge >= 0.3 is 12.2 Å². The maximum atomic E-state index is 12.9. The molecule has 11 heteroatoms. The zero-order valence-electron chi connectivity index (χ0n) is 14.3. The zero-order chi connectivity index (χ0) is 21.0. The van der Waals surface area contributed by atoms with Crippen LogP contribution in [-0.4, -0.2) is 16.0 Å².